The van der Waals surface area contributed by atoms with Crippen LogP contribution < -0.4 is 0 Å². The first-order valence-electron chi connectivity index (χ1n) is 7.46. The van der Waals surface area contributed by atoms with Crippen molar-refractivity contribution < 1.29 is 0 Å². The molecule has 106 valence electrons. The molecule has 2 rings (SSSR count). The van der Waals surface area contributed by atoms with Gasteiger partial charge in [0.15, 0.2) is 0 Å². The van der Waals surface area contributed by atoms with E-state index in [-0.39, 0.29) is 0 Å². The van der Waals surface area contributed by atoms with E-state index in [0.717, 1.165) is 19.4 Å². The minimum Gasteiger partial charge on any atom is -0.289 e. The predicted octanol–water partition coefficient (Wildman–Crippen LogP) is 4.58. The second kappa shape index (κ2) is 7.25. The molecule has 0 spiro atoms. The molecule has 1 heteroatoms. The number of allylic oxidation sites excluding steroid dienone is 1. The largest absolute Gasteiger partial charge is 0.289 e. The third kappa shape index (κ3) is 3.49. The summed E-state index contributed by atoms with van der Waals surface area (Å²) >= 11 is 0. The Labute approximate surface area is 123 Å². The molecule has 0 unspecified atom stereocenters. The van der Waals surface area contributed by atoms with Gasteiger partial charge in [-0.3, -0.25) is 4.90 Å². The Hall–Kier alpha value is -1.60. The van der Waals surface area contributed by atoms with E-state index in [1.54, 1.807) is 0 Å². The van der Waals surface area contributed by atoms with Gasteiger partial charge in [0.1, 0.15) is 0 Å². The second-order valence-electron chi connectivity index (χ2n) is 5.56. The van der Waals surface area contributed by atoms with Gasteiger partial charge in [-0.1, -0.05) is 54.6 Å². The van der Waals surface area contributed by atoms with E-state index in [4.69, 9.17) is 0 Å². The van der Waals surface area contributed by atoms with Gasteiger partial charge in [-0.25, -0.2) is 0 Å². The van der Waals surface area contributed by atoms with Gasteiger partial charge < -0.3 is 0 Å². The average molecular weight is 267 g/mol. The zero-order valence-corrected chi connectivity index (χ0v) is 12.4. The van der Waals surface area contributed by atoms with Gasteiger partial charge in [-0.05, 0) is 31.2 Å². The molecule has 0 saturated heterocycles. The summed E-state index contributed by atoms with van der Waals surface area (Å²) < 4.78 is 0. The molecule has 1 aromatic carbocycles. The molecule has 20 heavy (non-hydrogen) atoms. The minimum absolute atomic E-state index is 0.462. The maximum absolute atomic E-state index is 3.90. The van der Waals surface area contributed by atoms with Gasteiger partial charge in [0.25, 0.3) is 0 Å². The van der Waals surface area contributed by atoms with E-state index in [9.17, 15) is 0 Å². The molecule has 1 aliphatic heterocycles. The van der Waals surface area contributed by atoms with Crippen LogP contribution in [0.5, 0.6) is 0 Å². The van der Waals surface area contributed by atoms with Gasteiger partial charge in [0.2, 0.25) is 0 Å². The van der Waals surface area contributed by atoms with Crippen LogP contribution >= 0.6 is 0 Å². The predicted molar refractivity (Wildman–Crippen MR) is 87.5 cm³/mol. The highest BCUT2D eigenvalue weighted by Gasteiger charge is 2.29. The summed E-state index contributed by atoms with van der Waals surface area (Å²) in [4.78, 5) is 2.59. The maximum Gasteiger partial charge on any atom is 0.0319 e. The van der Waals surface area contributed by atoms with Crippen molar-refractivity contribution in [2.45, 2.75) is 38.4 Å². The first-order chi connectivity index (χ1) is 9.76. The van der Waals surface area contributed by atoms with Gasteiger partial charge in [-0.2, -0.15) is 0 Å². The molecule has 0 aromatic heterocycles. The molecule has 0 fully saturated rings. The fourth-order valence-corrected chi connectivity index (χ4v) is 3.00. The topological polar surface area (TPSA) is 3.24 Å². The first kappa shape index (κ1) is 14.8. The van der Waals surface area contributed by atoms with Crippen molar-refractivity contribution in [1.82, 2.24) is 4.90 Å². The Morgan fingerprint density at radius 2 is 1.75 bits per heavy atom. The molecule has 0 aliphatic carbocycles. The molecule has 0 amide bonds. The summed E-state index contributed by atoms with van der Waals surface area (Å²) in [5, 5.41) is 0. The van der Waals surface area contributed by atoms with Crippen LogP contribution in [0, 0.1) is 5.92 Å². The highest BCUT2D eigenvalue weighted by molar-refractivity contribution is 5.17. The molecule has 3 atom stereocenters. The average Bonchev–Trinajstić information content (AvgIpc) is 2.47. The molecule has 1 aromatic rings. The first-order valence-corrected chi connectivity index (χ1v) is 7.46. The third-order valence-corrected chi connectivity index (χ3v) is 4.20. The lowest BCUT2D eigenvalue weighted by atomic mass is 9.88. The maximum atomic E-state index is 3.90. The Morgan fingerprint density at radius 1 is 1.05 bits per heavy atom. The van der Waals surface area contributed by atoms with Crippen molar-refractivity contribution in [2.24, 2.45) is 5.92 Å². The van der Waals surface area contributed by atoms with Crippen LogP contribution in [0.1, 0.15) is 25.3 Å². The van der Waals surface area contributed by atoms with Gasteiger partial charge >= 0.3 is 0 Å². The van der Waals surface area contributed by atoms with Crippen LogP contribution in [0.2, 0.25) is 0 Å². The third-order valence-electron chi connectivity index (χ3n) is 4.20. The van der Waals surface area contributed by atoms with Crippen LogP contribution in [0.4, 0.5) is 0 Å². The summed E-state index contributed by atoms with van der Waals surface area (Å²) in [6, 6.07) is 11.7. The van der Waals surface area contributed by atoms with Crippen LogP contribution in [-0.4, -0.2) is 17.0 Å². The lowest BCUT2D eigenvalue weighted by molar-refractivity contribution is 0.119. The zero-order chi connectivity index (χ0) is 14.4. The summed E-state index contributed by atoms with van der Waals surface area (Å²) in [5.41, 5.74) is 1.38. The van der Waals surface area contributed by atoms with Gasteiger partial charge in [0, 0.05) is 18.6 Å². The van der Waals surface area contributed by atoms with E-state index >= 15 is 0 Å². The number of benzene rings is 1. The smallest absolute Gasteiger partial charge is 0.0319 e. The molecule has 0 saturated carbocycles. The van der Waals surface area contributed by atoms with Crippen LogP contribution in [0.15, 0.2) is 67.8 Å². The normalized spacial score (nSPS) is 26.4. The monoisotopic (exact) mass is 267 g/mol. The SMILES string of the molecule is C=CC[C@H]1C=C[C@H](CC=C)N(Cc2ccccc2)[C@@H]1C. The fourth-order valence-electron chi connectivity index (χ4n) is 3.00. The summed E-state index contributed by atoms with van der Waals surface area (Å²) in [7, 11) is 0. The molecule has 0 bridgehead atoms. The Morgan fingerprint density at radius 3 is 2.40 bits per heavy atom. The van der Waals surface area contributed by atoms with Crippen molar-refractivity contribution >= 4 is 0 Å². The lowest BCUT2D eigenvalue weighted by Crippen LogP contribution is -2.46. The second-order valence-corrected chi connectivity index (χ2v) is 5.56. The summed E-state index contributed by atoms with van der Waals surface area (Å²) in [6.45, 7) is 11.1. The van der Waals surface area contributed by atoms with E-state index in [1.807, 2.05) is 12.2 Å². The van der Waals surface area contributed by atoms with Crippen molar-refractivity contribution in [3.8, 4) is 0 Å². The van der Waals surface area contributed by atoms with Crippen molar-refractivity contribution in [1.29, 1.82) is 0 Å². The van der Waals surface area contributed by atoms with Crippen molar-refractivity contribution in [2.75, 3.05) is 0 Å². The zero-order valence-electron chi connectivity index (χ0n) is 12.4. The molecular formula is C19H25N. The summed E-state index contributed by atoms with van der Waals surface area (Å²) in [6.07, 6.45) is 10.8. The molecule has 1 heterocycles. The Kier molecular flexibility index (Phi) is 5.37. The summed E-state index contributed by atoms with van der Waals surface area (Å²) in [5.74, 6) is 0.567. The van der Waals surface area contributed by atoms with Gasteiger partial charge in [-0.15, -0.1) is 13.2 Å². The molecule has 0 N–H and O–H groups in total. The molecular weight excluding hydrogens is 242 g/mol. The number of hydrogen-bond donors (Lipinski definition) is 0. The van der Waals surface area contributed by atoms with Crippen LogP contribution in [-0.2, 0) is 6.54 Å². The Balaban J connectivity index is 2.18. The van der Waals surface area contributed by atoms with Crippen molar-refractivity contribution in [3.05, 3.63) is 73.4 Å². The molecule has 1 nitrogen and oxygen atoms in total. The highest BCUT2D eigenvalue weighted by atomic mass is 15.2. The minimum atomic E-state index is 0.462. The fraction of sp³-hybridized carbons (Fsp3) is 0.368. The lowest BCUT2D eigenvalue weighted by Gasteiger charge is -2.41. The quantitative estimate of drug-likeness (QED) is 0.682. The number of nitrogens with zero attached hydrogens (tertiary/aromatic N) is 1. The van der Waals surface area contributed by atoms with Gasteiger partial charge in [0.05, 0.1) is 0 Å². The molecule has 0 radical (unpaired) electrons. The molecule has 1 aliphatic rings. The number of rotatable bonds is 6. The van der Waals surface area contributed by atoms with Crippen LogP contribution in [0.3, 0.4) is 0 Å². The Bertz CT molecular complexity index is 460. The van der Waals surface area contributed by atoms with Crippen LogP contribution in [0.25, 0.3) is 0 Å². The van der Waals surface area contributed by atoms with Crippen molar-refractivity contribution in [3.63, 3.8) is 0 Å². The number of hydrogen-bond acceptors (Lipinski definition) is 1. The van der Waals surface area contributed by atoms with E-state index in [1.165, 1.54) is 5.56 Å². The highest BCUT2D eigenvalue weighted by Crippen LogP contribution is 2.28. The van der Waals surface area contributed by atoms with E-state index < -0.39 is 0 Å². The van der Waals surface area contributed by atoms with E-state index in [2.05, 4.69) is 67.5 Å². The standard InChI is InChI=1S/C19H25N/c1-4-9-18-13-14-19(10-5-2)20(16(18)3)15-17-11-7-6-8-12-17/h4-8,11-14,16,18-19H,1-2,9-10,15H2,3H3/t16-,18+,19+/m1/s1. The van der Waals surface area contributed by atoms with E-state index in [0.29, 0.717) is 18.0 Å².